The Hall–Kier alpha value is -1.71. The molecule has 0 spiro atoms. The predicted octanol–water partition coefficient (Wildman–Crippen LogP) is 5.42. The summed E-state index contributed by atoms with van der Waals surface area (Å²) in [5, 5.41) is 3.65. The van der Waals surface area contributed by atoms with E-state index < -0.39 is 29.4 Å². The molecular weight excluding hydrogens is 483 g/mol. The summed E-state index contributed by atoms with van der Waals surface area (Å²) in [7, 11) is 0. The van der Waals surface area contributed by atoms with Crippen LogP contribution in [0.5, 0.6) is 0 Å². The first kappa shape index (κ1) is 21.0. The number of carbonyl (C=O) groups excluding carboxylic acids is 2. The standard InChI is InChI=1S/C18H12BrClF3NO3S/c1-8(25)14-16(26)11-6-9(20)2-4-12(19)15(11)24-17(14)28-7-10-3-5-13(27-10)18(21,22)23/h2-6,11,24H,7H2,1H3. The first-order valence-corrected chi connectivity index (χ1v) is 10.0. The van der Waals surface area contributed by atoms with Crippen molar-refractivity contribution in [3.8, 4) is 0 Å². The Kier molecular flexibility index (Phi) is 5.97. The van der Waals surface area contributed by atoms with E-state index in [0.29, 0.717) is 15.2 Å². The zero-order valence-corrected chi connectivity index (χ0v) is 17.4. The fourth-order valence-corrected chi connectivity index (χ4v) is 4.36. The van der Waals surface area contributed by atoms with Crippen LogP contribution in [0, 0.1) is 5.92 Å². The average Bonchev–Trinajstić information content (AvgIpc) is 3.03. The molecule has 2 aliphatic rings. The maximum atomic E-state index is 12.9. The number of nitrogens with one attached hydrogen (secondary N) is 1. The molecule has 4 nitrogen and oxygen atoms in total. The Bertz CT molecular complexity index is 975. The molecule has 1 atom stereocenters. The maximum absolute atomic E-state index is 12.9. The molecule has 0 saturated heterocycles. The Labute approximate surface area is 175 Å². The Morgan fingerprint density at radius 3 is 2.68 bits per heavy atom. The van der Waals surface area contributed by atoms with E-state index in [4.69, 9.17) is 16.0 Å². The Morgan fingerprint density at radius 1 is 1.36 bits per heavy atom. The third-order valence-corrected chi connectivity index (χ3v) is 5.91. The molecule has 148 valence electrons. The molecule has 1 aliphatic heterocycles. The lowest BCUT2D eigenvalue weighted by Crippen LogP contribution is -2.35. The van der Waals surface area contributed by atoms with Crippen LogP contribution < -0.4 is 5.32 Å². The molecule has 3 rings (SSSR count). The van der Waals surface area contributed by atoms with Gasteiger partial charge in [0.25, 0.3) is 0 Å². The normalized spacial score (nSPS) is 20.0. The Balaban J connectivity index is 1.92. The number of halogens is 5. The molecular formula is C18H12BrClF3NO3S. The van der Waals surface area contributed by atoms with Crippen LogP contribution >= 0.6 is 39.3 Å². The van der Waals surface area contributed by atoms with Gasteiger partial charge in [-0.25, -0.2) is 0 Å². The van der Waals surface area contributed by atoms with Gasteiger partial charge in [-0.15, -0.1) is 0 Å². The highest BCUT2D eigenvalue weighted by Crippen LogP contribution is 2.38. The number of allylic oxidation sites excluding steroid dienone is 6. The third-order valence-electron chi connectivity index (χ3n) is 3.94. The van der Waals surface area contributed by atoms with Gasteiger partial charge in [-0.05, 0) is 53.2 Å². The molecule has 0 saturated carbocycles. The lowest BCUT2D eigenvalue weighted by atomic mass is 9.90. The highest BCUT2D eigenvalue weighted by molar-refractivity contribution is 9.11. The van der Waals surface area contributed by atoms with Crippen molar-refractivity contribution >= 4 is 50.9 Å². The molecule has 2 heterocycles. The summed E-state index contributed by atoms with van der Waals surface area (Å²) < 4.78 is 43.4. The van der Waals surface area contributed by atoms with E-state index in [1.807, 2.05) is 0 Å². The smallest absolute Gasteiger partial charge is 0.449 e. The topological polar surface area (TPSA) is 59.3 Å². The van der Waals surface area contributed by atoms with Crippen molar-refractivity contribution in [2.45, 2.75) is 18.9 Å². The van der Waals surface area contributed by atoms with Crippen LogP contribution in [0.1, 0.15) is 18.4 Å². The molecule has 1 aliphatic carbocycles. The first-order valence-electron chi connectivity index (χ1n) is 7.88. The molecule has 1 unspecified atom stereocenters. The molecule has 10 heteroatoms. The number of ketones is 2. The van der Waals surface area contributed by atoms with Gasteiger partial charge >= 0.3 is 6.18 Å². The van der Waals surface area contributed by atoms with Gasteiger partial charge in [-0.3, -0.25) is 9.59 Å². The van der Waals surface area contributed by atoms with Crippen LogP contribution in [-0.2, 0) is 21.5 Å². The van der Waals surface area contributed by atoms with Crippen molar-refractivity contribution in [2.75, 3.05) is 0 Å². The molecule has 0 radical (unpaired) electrons. The number of Topliss-reactive ketones (excluding diaryl/α,β-unsaturated/α-hetero) is 2. The van der Waals surface area contributed by atoms with Crippen molar-refractivity contribution in [2.24, 2.45) is 5.92 Å². The zero-order chi connectivity index (χ0) is 20.6. The van der Waals surface area contributed by atoms with Crippen LogP contribution in [0.3, 0.4) is 0 Å². The number of alkyl halides is 3. The summed E-state index contributed by atoms with van der Waals surface area (Å²) >= 11 is 10.4. The lowest BCUT2D eigenvalue weighted by Gasteiger charge is -2.27. The molecule has 0 aromatic carbocycles. The minimum atomic E-state index is -4.58. The minimum Gasteiger partial charge on any atom is -0.456 e. The maximum Gasteiger partial charge on any atom is 0.449 e. The monoisotopic (exact) mass is 493 g/mol. The molecule has 0 bridgehead atoms. The molecule has 1 aromatic rings. The van der Waals surface area contributed by atoms with Gasteiger partial charge in [0.1, 0.15) is 5.76 Å². The van der Waals surface area contributed by atoms with E-state index in [1.54, 1.807) is 12.2 Å². The van der Waals surface area contributed by atoms with Crippen LogP contribution in [-0.4, -0.2) is 11.6 Å². The highest BCUT2D eigenvalue weighted by atomic mass is 79.9. The van der Waals surface area contributed by atoms with Gasteiger partial charge < -0.3 is 9.73 Å². The quantitative estimate of drug-likeness (QED) is 0.567. The summed E-state index contributed by atoms with van der Waals surface area (Å²) in [6.07, 6.45) is 0.224. The van der Waals surface area contributed by atoms with Gasteiger partial charge in [0.05, 0.1) is 22.3 Å². The lowest BCUT2D eigenvalue weighted by molar-refractivity contribution is -0.153. The van der Waals surface area contributed by atoms with Crippen molar-refractivity contribution in [3.05, 3.63) is 67.7 Å². The number of rotatable bonds is 4. The summed E-state index contributed by atoms with van der Waals surface area (Å²) in [4.78, 5) is 25.0. The molecule has 0 fully saturated rings. The number of thioether (sulfide) groups is 1. The second kappa shape index (κ2) is 7.96. The molecule has 1 aromatic heterocycles. The van der Waals surface area contributed by atoms with Gasteiger partial charge in [0, 0.05) is 15.2 Å². The summed E-state index contributed by atoms with van der Waals surface area (Å²) in [5.41, 5.74) is 0.448. The number of carbonyl (C=O) groups is 2. The third kappa shape index (κ3) is 4.31. The van der Waals surface area contributed by atoms with E-state index in [9.17, 15) is 22.8 Å². The molecule has 28 heavy (non-hydrogen) atoms. The van der Waals surface area contributed by atoms with Crippen LogP contribution in [0.2, 0.25) is 0 Å². The van der Waals surface area contributed by atoms with Crippen LogP contribution in [0.25, 0.3) is 0 Å². The largest absolute Gasteiger partial charge is 0.456 e. The number of furan rings is 1. The van der Waals surface area contributed by atoms with Gasteiger partial charge in [-0.2, -0.15) is 13.2 Å². The van der Waals surface area contributed by atoms with E-state index >= 15 is 0 Å². The zero-order valence-electron chi connectivity index (χ0n) is 14.2. The molecule has 1 N–H and O–H groups in total. The average molecular weight is 495 g/mol. The van der Waals surface area contributed by atoms with Crippen molar-refractivity contribution in [1.29, 1.82) is 0 Å². The summed E-state index contributed by atoms with van der Waals surface area (Å²) in [6.45, 7) is 1.26. The van der Waals surface area contributed by atoms with Crippen molar-refractivity contribution in [1.82, 2.24) is 5.32 Å². The van der Waals surface area contributed by atoms with E-state index in [2.05, 4.69) is 21.2 Å². The minimum absolute atomic E-state index is 0.00444. The van der Waals surface area contributed by atoms with Crippen molar-refractivity contribution in [3.63, 3.8) is 0 Å². The van der Waals surface area contributed by atoms with Gasteiger partial charge in [-0.1, -0.05) is 23.4 Å². The second-order valence-electron chi connectivity index (χ2n) is 5.93. The van der Waals surface area contributed by atoms with Crippen molar-refractivity contribution < 1.29 is 27.2 Å². The SMILES string of the molecule is CC(=O)C1=C(SCc2ccc(C(F)(F)F)o2)NC2=C(Br)C=CC(Cl)=CC2C1=O. The van der Waals surface area contributed by atoms with E-state index in [1.165, 1.54) is 19.1 Å². The fourth-order valence-electron chi connectivity index (χ4n) is 2.68. The van der Waals surface area contributed by atoms with E-state index in [0.717, 1.165) is 17.8 Å². The highest BCUT2D eigenvalue weighted by Gasteiger charge is 2.37. The van der Waals surface area contributed by atoms with Crippen LogP contribution in [0.4, 0.5) is 13.2 Å². The summed E-state index contributed by atoms with van der Waals surface area (Å²) in [6, 6.07) is 2.05. The predicted molar refractivity (Wildman–Crippen MR) is 103 cm³/mol. The first-order chi connectivity index (χ1) is 13.1. The Morgan fingerprint density at radius 2 is 2.07 bits per heavy atom. The van der Waals surface area contributed by atoms with Crippen LogP contribution in [0.15, 0.2) is 60.6 Å². The second-order valence-corrected chi connectivity index (χ2v) is 8.20. The number of hydrogen-bond donors (Lipinski definition) is 1. The van der Waals surface area contributed by atoms with Gasteiger partial charge in [0.15, 0.2) is 11.6 Å². The summed E-state index contributed by atoms with van der Waals surface area (Å²) in [5.74, 6) is -2.67. The number of hydrogen-bond acceptors (Lipinski definition) is 5. The number of fused-ring (bicyclic) bond motifs is 1. The van der Waals surface area contributed by atoms with E-state index in [-0.39, 0.29) is 22.1 Å². The van der Waals surface area contributed by atoms with Gasteiger partial charge in [0.2, 0.25) is 5.76 Å². The fraction of sp³-hybridized carbons (Fsp3) is 0.222. The molecule has 0 amide bonds.